The smallest absolute Gasteiger partial charge is 0.328 e. The molecule has 0 bridgehead atoms. The number of nitrogens with zero attached hydrogens (tertiary/aromatic N) is 1. The van der Waals surface area contributed by atoms with Gasteiger partial charge in [0.15, 0.2) is 0 Å². The normalized spacial score (nSPS) is 9.94. The molecule has 0 fully saturated rings. The van der Waals surface area contributed by atoms with Crippen LogP contribution in [0.4, 0.5) is 10.5 Å². The van der Waals surface area contributed by atoms with Crippen LogP contribution in [0, 0.1) is 5.41 Å². The molecule has 0 saturated heterocycles. The van der Waals surface area contributed by atoms with Gasteiger partial charge in [-0.1, -0.05) is 37.1 Å². The van der Waals surface area contributed by atoms with Crippen LogP contribution in [0.3, 0.4) is 0 Å². The summed E-state index contributed by atoms with van der Waals surface area (Å²) in [5.41, 5.74) is 6.84. The predicted molar refractivity (Wildman–Crippen MR) is 74.3 cm³/mol. The van der Waals surface area contributed by atoms with Crippen LogP contribution in [0.2, 0.25) is 5.02 Å². The molecule has 0 heterocycles. The molecule has 98 valence electrons. The van der Waals surface area contributed by atoms with Gasteiger partial charge in [0.2, 0.25) is 5.96 Å². The Morgan fingerprint density at radius 2 is 2.22 bits per heavy atom. The number of hydrogen-bond donors (Lipinski definition) is 3. The molecule has 1 aromatic carbocycles. The van der Waals surface area contributed by atoms with E-state index in [0.717, 1.165) is 23.3 Å². The molecule has 0 spiro atoms. The Balaban J connectivity index is 3.34. The largest absolute Gasteiger partial charge is 0.369 e. The molecular formula is C12H17ClN4O. The molecule has 2 amide bonds. The number of urea groups is 1. The number of anilines is 1. The van der Waals surface area contributed by atoms with Crippen molar-refractivity contribution >= 4 is 29.3 Å². The van der Waals surface area contributed by atoms with E-state index in [2.05, 4.69) is 5.32 Å². The molecule has 4 N–H and O–H groups in total. The van der Waals surface area contributed by atoms with Crippen LogP contribution in [-0.4, -0.2) is 19.0 Å². The Bertz CT molecular complexity index is 461. The van der Waals surface area contributed by atoms with Crippen LogP contribution < -0.4 is 16.0 Å². The van der Waals surface area contributed by atoms with E-state index in [9.17, 15) is 4.79 Å². The molecule has 0 aliphatic heterocycles. The van der Waals surface area contributed by atoms with E-state index in [-0.39, 0.29) is 5.96 Å². The highest BCUT2D eigenvalue weighted by Crippen LogP contribution is 2.30. The molecule has 0 atom stereocenters. The second kappa shape index (κ2) is 6.26. The number of nitrogens with one attached hydrogen (secondary N) is 2. The lowest BCUT2D eigenvalue weighted by atomic mass is 10.1. The number of guanidine groups is 1. The van der Waals surface area contributed by atoms with Crippen LogP contribution >= 0.6 is 11.6 Å². The fraction of sp³-hybridized carbons (Fsp3) is 0.333. The summed E-state index contributed by atoms with van der Waals surface area (Å²) in [6.45, 7) is 2.03. The van der Waals surface area contributed by atoms with Crippen molar-refractivity contribution in [3.63, 3.8) is 0 Å². The first-order valence-electron chi connectivity index (χ1n) is 5.66. The van der Waals surface area contributed by atoms with Crippen LogP contribution in [-0.2, 0) is 6.42 Å². The molecular weight excluding hydrogens is 252 g/mol. The van der Waals surface area contributed by atoms with Crippen LogP contribution in [0.25, 0.3) is 0 Å². The number of rotatable bonds is 3. The first kappa shape index (κ1) is 14.3. The molecule has 1 rings (SSSR count). The Labute approximate surface area is 111 Å². The van der Waals surface area contributed by atoms with E-state index in [1.54, 1.807) is 6.07 Å². The molecule has 5 nitrogen and oxygen atoms in total. The van der Waals surface area contributed by atoms with Crippen molar-refractivity contribution < 1.29 is 4.79 Å². The zero-order valence-corrected chi connectivity index (χ0v) is 11.2. The van der Waals surface area contributed by atoms with Crippen LogP contribution in [0.1, 0.15) is 18.9 Å². The zero-order chi connectivity index (χ0) is 13.7. The fourth-order valence-electron chi connectivity index (χ4n) is 1.72. The van der Waals surface area contributed by atoms with Gasteiger partial charge in [-0.05, 0) is 18.1 Å². The summed E-state index contributed by atoms with van der Waals surface area (Å²) in [4.78, 5) is 12.9. The number of benzene rings is 1. The Morgan fingerprint density at radius 3 is 2.72 bits per heavy atom. The Hall–Kier alpha value is -1.75. The highest BCUT2D eigenvalue weighted by atomic mass is 35.5. The van der Waals surface area contributed by atoms with Gasteiger partial charge in [0.1, 0.15) is 0 Å². The van der Waals surface area contributed by atoms with Gasteiger partial charge >= 0.3 is 6.03 Å². The summed E-state index contributed by atoms with van der Waals surface area (Å²) >= 11 is 6.13. The van der Waals surface area contributed by atoms with Crippen molar-refractivity contribution in [2.45, 2.75) is 19.8 Å². The molecule has 6 heteroatoms. The topological polar surface area (TPSA) is 82.2 Å². The van der Waals surface area contributed by atoms with E-state index < -0.39 is 6.03 Å². The lowest BCUT2D eigenvalue weighted by molar-refractivity contribution is 0.251. The quantitative estimate of drug-likeness (QED) is 0.581. The molecule has 0 saturated carbocycles. The Kier molecular flexibility index (Phi) is 4.97. The minimum absolute atomic E-state index is 0.361. The van der Waals surface area contributed by atoms with E-state index in [1.807, 2.05) is 19.1 Å². The van der Waals surface area contributed by atoms with Crippen molar-refractivity contribution in [2.75, 3.05) is 11.9 Å². The average Bonchev–Trinajstić information content (AvgIpc) is 2.32. The van der Waals surface area contributed by atoms with Crippen molar-refractivity contribution in [3.8, 4) is 0 Å². The van der Waals surface area contributed by atoms with Gasteiger partial charge in [-0.3, -0.25) is 5.41 Å². The first-order valence-corrected chi connectivity index (χ1v) is 6.04. The summed E-state index contributed by atoms with van der Waals surface area (Å²) in [5.74, 6) is -0.361. The summed E-state index contributed by atoms with van der Waals surface area (Å²) in [7, 11) is 1.48. The summed E-state index contributed by atoms with van der Waals surface area (Å²) in [6.07, 6.45) is 1.67. The lowest BCUT2D eigenvalue weighted by Gasteiger charge is -2.24. The van der Waals surface area contributed by atoms with Gasteiger partial charge in [-0.2, -0.15) is 0 Å². The number of hydrogen-bond acceptors (Lipinski definition) is 2. The second-order valence-corrected chi connectivity index (χ2v) is 4.18. The molecule has 18 heavy (non-hydrogen) atoms. The minimum atomic E-state index is -0.479. The number of halogens is 1. The number of carbonyl (C=O) groups is 1. The highest BCUT2D eigenvalue weighted by Gasteiger charge is 2.22. The summed E-state index contributed by atoms with van der Waals surface area (Å²) in [6, 6.07) is 4.89. The Morgan fingerprint density at radius 1 is 1.56 bits per heavy atom. The maximum atomic E-state index is 11.8. The zero-order valence-electron chi connectivity index (χ0n) is 10.5. The SMILES string of the molecule is CCCc1cccc(Cl)c1N(C(=N)N)C(=O)NC. The van der Waals surface area contributed by atoms with Crippen LogP contribution in [0.5, 0.6) is 0 Å². The maximum absolute atomic E-state index is 11.8. The highest BCUT2D eigenvalue weighted by molar-refractivity contribution is 6.35. The summed E-state index contributed by atoms with van der Waals surface area (Å²) in [5, 5.41) is 10.4. The van der Waals surface area contributed by atoms with Crippen molar-refractivity contribution in [1.82, 2.24) is 5.32 Å². The predicted octanol–water partition coefficient (Wildman–Crippen LogP) is 2.33. The third-order valence-electron chi connectivity index (χ3n) is 2.47. The van der Waals surface area contributed by atoms with Gasteiger partial charge in [0.25, 0.3) is 0 Å². The third-order valence-corrected chi connectivity index (χ3v) is 2.78. The molecule has 0 unspecified atom stereocenters. The number of nitrogens with two attached hydrogens (primary N) is 1. The number of carbonyl (C=O) groups excluding carboxylic acids is 1. The van der Waals surface area contributed by atoms with Gasteiger partial charge in [-0.25, -0.2) is 9.69 Å². The van der Waals surface area contributed by atoms with E-state index in [4.69, 9.17) is 22.7 Å². The standard InChI is InChI=1S/C12H17ClN4O/c1-3-5-8-6-4-7-9(13)10(8)17(11(14)15)12(18)16-2/h4,6-7H,3,5H2,1-2H3,(H3,14,15)(H,16,18). The fourth-order valence-corrected chi connectivity index (χ4v) is 2.00. The minimum Gasteiger partial charge on any atom is -0.369 e. The third kappa shape index (κ3) is 2.92. The van der Waals surface area contributed by atoms with Gasteiger partial charge in [-0.15, -0.1) is 0 Å². The van der Waals surface area contributed by atoms with Crippen LogP contribution in [0.15, 0.2) is 18.2 Å². The molecule has 0 radical (unpaired) electrons. The van der Waals surface area contributed by atoms with Gasteiger partial charge in [0, 0.05) is 7.05 Å². The van der Waals surface area contributed by atoms with E-state index in [0.29, 0.717) is 10.7 Å². The average molecular weight is 269 g/mol. The number of aryl methyl sites for hydroxylation is 1. The summed E-state index contributed by atoms with van der Waals surface area (Å²) < 4.78 is 0. The number of para-hydroxylation sites is 1. The molecule has 0 aliphatic rings. The molecule has 1 aromatic rings. The van der Waals surface area contributed by atoms with Gasteiger partial charge < -0.3 is 11.1 Å². The van der Waals surface area contributed by atoms with E-state index in [1.165, 1.54) is 7.05 Å². The lowest BCUT2D eigenvalue weighted by Crippen LogP contribution is -2.46. The van der Waals surface area contributed by atoms with Crippen molar-refractivity contribution in [1.29, 1.82) is 5.41 Å². The first-order chi connectivity index (χ1) is 8.52. The van der Waals surface area contributed by atoms with Crippen molar-refractivity contribution in [3.05, 3.63) is 28.8 Å². The van der Waals surface area contributed by atoms with Gasteiger partial charge in [0.05, 0.1) is 10.7 Å². The molecule has 0 aliphatic carbocycles. The monoisotopic (exact) mass is 268 g/mol. The second-order valence-electron chi connectivity index (χ2n) is 3.77. The van der Waals surface area contributed by atoms with Crippen molar-refractivity contribution in [2.24, 2.45) is 5.73 Å². The number of amides is 2. The maximum Gasteiger partial charge on any atom is 0.328 e. The van der Waals surface area contributed by atoms with E-state index >= 15 is 0 Å². The molecule has 0 aromatic heterocycles.